The molecule has 0 nitrogen and oxygen atoms in total. The molecule has 0 heterocycles. The van der Waals surface area contributed by atoms with E-state index in [1.54, 1.807) is 0 Å². The molecular weight excluding hydrogens is 228 g/mol. The van der Waals surface area contributed by atoms with E-state index in [0.717, 1.165) is 0 Å². The first kappa shape index (κ1) is 16.3. The number of terminal acetylenes is 1. The molecule has 1 aliphatic carbocycles. The Balaban J connectivity index is -0.0000000312. The van der Waals surface area contributed by atoms with Crippen LogP contribution in [0.25, 0.3) is 0 Å². The number of halogens is 1. The van der Waals surface area contributed by atoms with Crippen LogP contribution in [-0.4, -0.2) is 0 Å². The fourth-order valence-corrected chi connectivity index (χ4v) is 0.250. The minimum absolute atomic E-state index is 0. The third-order valence-corrected chi connectivity index (χ3v) is 0.813. The van der Waals surface area contributed by atoms with Crippen LogP contribution in [0.15, 0.2) is 0 Å². The second-order valence-electron chi connectivity index (χ2n) is 1.44. The molecule has 1 fully saturated rings. The van der Waals surface area contributed by atoms with Crippen molar-refractivity contribution in [2.24, 2.45) is 5.92 Å². The smallest absolute Gasteiger partial charge is 0.120 e. The average Bonchev–Trinajstić information content (AvgIpc) is 2.12. The molecule has 3 heteroatoms. The van der Waals surface area contributed by atoms with Crippen LogP contribution in [0.3, 0.4) is 0 Å². The maximum Gasteiger partial charge on any atom is 2.00 e. The number of hydrogen-bond donors (Lipinski definition) is 0. The van der Waals surface area contributed by atoms with Crippen molar-refractivity contribution in [1.29, 1.82) is 0 Å². The van der Waals surface area contributed by atoms with Crippen LogP contribution in [0.5, 0.6) is 0 Å². The van der Waals surface area contributed by atoms with E-state index >= 15 is 0 Å². The Morgan fingerprint density at radius 1 is 1.50 bits per heavy atom. The molecule has 8 heavy (non-hydrogen) atoms. The molecule has 0 aromatic rings. The van der Waals surface area contributed by atoms with E-state index in [-0.39, 0.29) is 67.4 Å². The number of hydrogen-bond acceptors (Lipinski definition) is 0. The van der Waals surface area contributed by atoms with Crippen LogP contribution >= 0.6 is 17.0 Å². The molecule has 1 rings (SSSR count). The fourth-order valence-electron chi connectivity index (χ4n) is 0.250. The molecule has 0 aliphatic heterocycles. The third kappa shape index (κ3) is 7.66. The van der Waals surface area contributed by atoms with E-state index in [4.69, 9.17) is 6.42 Å². The van der Waals surface area contributed by atoms with Crippen molar-refractivity contribution in [3.8, 4) is 12.3 Å². The average molecular weight is 237 g/mol. The van der Waals surface area contributed by atoms with Crippen molar-refractivity contribution in [3.63, 3.8) is 0 Å². The Morgan fingerprint density at radius 2 is 1.88 bits per heavy atom. The summed E-state index contributed by atoms with van der Waals surface area (Å²) < 4.78 is 0. The van der Waals surface area contributed by atoms with Gasteiger partial charge in [-0.15, -0.1) is 29.3 Å². The maximum atomic E-state index is 4.98. The van der Waals surface area contributed by atoms with E-state index in [9.17, 15) is 0 Å². The standard InChI is InChI=1S/C5H6.BrH.Na.Zn.H2/c1-2-5-3-4-5;;;;/h1,5H,3-4H2;1H;;;1H/q;;+1;+2;. The van der Waals surface area contributed by atoms with Crippen LogP contribution in [0, 0.1) is 18.3 Å². The van der Waals surface area contributed by atoms with Crippen LogP contribution in [-0.2, 0) is 19.5 Å². The van der Waals surface area contributed by atoms with E-state index < -0.39 is 0 Å². The summed E-state index contributed by atoms with van der Waals surface area (Å²) in [6.45, 7) is 0. The van der Waals surface area contributed by atoms with Gasteiger partial charge in [0, 0.05) is 7.34 Å². The van der Waals surface area contributed by atoms with Crippen molar-refractivity contribution in [2.45, 2.75) is 12.8 Å². The van der Waals surface area contributed by atoms with Gasteiger partial charge in [-0.2, -0.15) is 0 Å². The topological polar surface area (TPSA) is 0 Å². The van der Waals surface area contributed by atoms with Crippen molar-refractivity contribution < 1.29 is 50.5 Å². The zero-order valence-electron chi connectivity index (χ0n) is 5.18. The molecule has 1 aliphatic rings. The third-order valence-electron chi connectivity index (χ3n) is 0.813. The van der Waals surface area contributed by atoms with Crippen molar-refractivity contribution in [1.82, 2.24) is 0 Å². The van der Waals surface area contributed by atoms with Gasteiger partial charge in [-0.05, 0) is 12.8 Å². The van der Waals surface area contributed by atoms with Crippen molar-refractivity contribution >= 4 is 17.0 Å². The van der Waals surface area contributed by atoms with Crippen LogP contribution in [0.1, 0.15) is 14.3 Å². The fraction of sp³-hybridized carbons (Fsp3) is 0.600. The van der Waals surface area contributed by atoms with Gasteiger partial charge in [0.05, 0.1) is 0 Å². The monoisotopic (exact) mass is 235 g/mol. The Labute approximate surface area is 97.5 Å². The summed E-state index contributed by atoms with van der Waals surface area (Å²) >= 11 is 0. The molecule has 0 N–H and O–H groups in total. The molecule has 0 aromatic carbocycles. The van der Waals surface area contributed by atoms with Crippen molar-refractivity contribution in [2.75, 3.05) is 0 Å². The first-order valence-corrected chi connectivity index (χ1v) is 1.89. The summed E-state index contributed by atoms with van der Waals surface area (Å²) in [5.41, 5.74) is 0. The molecule has 0 atom stereocenters. The summed E-state index contributed by atoms with van der Waals surface area (Å²) in [5, 5.41) is 0. The maximum absolute atomic E-state index is 4.98. The predicted molar refractivity (Wildman–Crippen MR) is 34.0 cm³/mol. The van der Waals surface area contributed by atoms with E-state index in [1.807, 2.05) is 0 Å². The summed E-state index contributed by atoms with van der Waals surface area (Å²) in [5.74, 6) is 3.30. The molecular formula is C5H9BrNaZn+3. The van der Waals surface area contributed by atoms with Gasteiger partial charge in [-0.1, -0.05) is 0 Å². The SMILES string of the molecule is Br.C#CC1CC1.[HH].[Na+].[Zn+2]. The first-order chi connectivity index (χ1) is 2.43. The molecule has 0 amide bonds. The molecule has 0 saturated heterocycles. The zero-order valence-corrected chi connectivity index (χ0v) is 11.9. The Morgan fingerprint density at radius 3 is 1.88 bits per heavy atom. The van der Waals surface area contributed by atoms with Crippen LogP contribution in [0.2, 0.25) is 0 Å². The second kappa shape index (κ2) is 8.66. The molecule has 0 unspecified atom stereocenters. The molecule has 0 radical (unpaired) electrons. The van der Waals surface area contributed by atoms with Gasteiger partial charge in [0.1, 0.15) is 0 Å². The number of rotatable bonds is 0. The van der Waals surface area contributed by atoms with Gasteiger partial charge in [-0.3, -0.25) is 0 Å². The van der Waals surface area contributed by atoms with Gasteiger partial charge < -0.3 is 0 Å². The van der Waals surface area contributed by atoms with E-state index in [0.29, 0.717) is 5.92 Å². The van der Waals surface area contributed by atoms with Crippen LogP contribution in [0.4, 0.5) is 0 Å². The second-order valence-corrected chi connectivity index (χ2v) is 1.44. The van der Waals surface area contributed by atoms with Crippen molar-refractivity contribution in [3.05, 3.63) is 0 Å². The summed E-state index contributed by atoms with van der Waals surface area (Å²) in [4.78, 5) is 0. The molecule has 36 valence electrons. The Bertz CT molecular complexity index is 79.5. The quantitative estimate of drug-likeness (QED) is 0.369. The first-order valence-electron chi connectivity index (χ1n) is 1.89. The molecule has 1 saturated carbocycles. The summed E-state index contributed by atoms with van der Waals surface area (Å²) in [6, 6.07) is 0. The molecule has 0 bridgehead atoms. The Hall–Kier alpha value is 1.66. The summed E-state index contributed by atoms with van der Waals surface area (Å²) in [7, 11) is 0. The minimum atomic E-state index is 0. The van der Waals surface area contributed by atoms with Gasteiger partial charge in [0.15, 0.2) is 0 Å². The summed E-state index contributed by atoms with van der Waals surface area (Å²) in [6.07, 6.45) is 7.53. The van der Waals surface area contributed by atoms with E-state index in [1.165, 1.54) is 12.8 Å². The largest absolute Gasteiger partial charge is 2.00 e. The zero-order chi connectivity index (χ0) is 3.70. The molecule has 0 spiro atoms. The predicted octanol–water partition coefficient (Wildman–Crippen LogP) is -1.14. The molecule has 0 aromatic heterocycles. The van der Waals surface area contributed by atoms with Gasteiger partial charge in [-0.25, -0.2) is 0 Å². The van der Waals surface area contributed by atoms with E-state index in [2.05, 4.69) is 5.92 Å². The van der Waals surface area contributed by atoms with Crippen LogP contribution < -0.4 is 29.6 Å². The van der Waals surface area contributed by atoms with Gasteiger partial charge in [0.2, 0.25) is 0 Å². The Kier molecular flexibility index (Phi) is 17.7. The van der Waals surface area contributed by atoms with Gasteiger partial charge in [0.25, 0.3) is 0 Å². The normalized spacial score (nSPS) is 13.4. The minimum Gasteiger partial charge on any atom is -0.120 e. The van der Waals surface area contributed by atoms with Gasteiger partial charge >= 0.3 is 49.0 Å².